The molecule has 0 aromatic heterocycles. The number of aryl methyl sites for hydroxylation is 1. The van der Waals surface area contributed by atoms with Crippen molar-refractivity contribution < 1.29 is 42.6 Å². The molecule has 4 atom stereocenters. The van der Waals surface area contributed by atoms with Crippen molar-refractivity contribution in [1.82, 2.24) is 0 Å². The fourth-order valence-corrected chi connectivity index (χ4v) is 4.60. The van der Waals surface area contributed by atoms with Crippen LogP contribution in [0.15, 0.2) is 48.5 Å². The van der Waals surface area contributed by atoms with Crippen LogP contribution < -0.4 is 4.74 Å². The number of rotatable bonds is 9. The van der Waals surface area contributed by atoms with Crippen molar-refractivity contribution in [1.29, 1.82) is 0 Å². The largest absolute Gasteiger partial charge is 0.525 e. The number of benzene rings is 2. The smallest absolute Gasteiger partial charge is 0.233 e. The minimum absolute atomic E-state index is 0. The molecule has 2 aromatic rings. The van der Waals surface area contributed by atoms with Crippen LogP contribution in [0.2, 0.25) is 0 Å². The molecule has 1 N–H and O–H groups in total. The van der Waals surface area contributed by atoms with Gasteiger partial charge in [-0.3, -0.25) is 0 Å². The second-order valence-corrected chi connectivity index (χ2v) is 8.02. The molecule has 30 heavy (non-hydrogen) atoms. The van der Waals surface area contributed by atoms with Crippen molar-refractivity contribution in [2.24, 2.45) is 0 Å². The first-order chi connectivity index (χ1) is 14.2. The van der Waals surface area contributed by atoms with Crippen molar-refractivity contribution in [3.8, 4) is 5.75 Å². The zero-order valence-electron chi connectivity index (χ0n) is 18.0. The fourth-order valence-electron chi connectivity index (χ4n) is 4.60. The molecule has 3 rings (SSSR count). The zero-order valence-corrected chi connectivity index (χ0v) is 20.8. The normalized spacial score (nSPS) is 22.9. The third-order valence-electron chi connectivity index (χ3n) is 6.06. The van der Waals surface area contributed by atoms with Gasteiger partial charge in [0.05, 0.1) is 18.4 Å². The molecule has 0 bridgehead atoms. The molecule has 3 nitrogen and oxygen atoms in total. The Morgan fingerprint density at radius 1 is 1.07 bits per heavy atom. The van der Waals surface area contributed by atoms with Crippen molar-refractivity contribution in [3.63, 3.8) is 0 Å². The minimum Gasteiger partial charge on any atom is -0.525 e. The maximum absolute atomic E-state index is 10.8. The Hall–Kier alpha value is -1.21. The summed E-state index contributed by atoms with van der Waals surface area (Å²) in [5.74, 6) is 0.660. The number of hydrogen-bond acceptors (Lipinski definition) is 2. The third kappa shape index (κ3) is 6.16. The van der Waals surface area contributed by atoms with Crippen LogP contribution >= 0.6 is 0 Å². The van der Waals surface area contributed by atoms with Gasteiger partial charge in [-0.05, 0) is 48.3 Å². The summed E-state index contributed by atoms with van der Waals surface area (Å²) in [6.07, 6.45) is 6.16. The summed E-state index contributed by atoms with van der Waals surface area (Å²) in [4.78, 5) is 3.86. The quantitative estimate of drug-likeness (QED) is 0.357. The molecule has 1 radical (unpaired) electrons. The topological polar surface area (TPSA) is 33.8 Å². The molecule has 157 valence electrons. The molecule has 0 heterocycles. The van der Waals surface area contributed by atoms with Gasteiger partial charge in [-0.15, -0.1) is 0 Å². The molecule has 1 fully saturated rings. The molecule has 0 spiro atoms. The van der Waals surface area contributed by atoms with E-state index in [1.54, 1.807) is 0 Å². The number of aliphatic hydroxyl groups excluding tert-OH is 1. The van der Waals surface area contributed by atoms with Crippen LogP contribution in [0.1, 0.15) is 67.6 Å². The third-order valence-corrected chi connectivity index (χ3v) is 6.06. The van der Waals surface area contributed by atoms with E-state index in [1.807, 2.05) is 24.3 Å². The van der Waals surface area contributed by atoms with Gasteiger partial charge in [0.2, 0.25) is 6.04 Å². The van der Waals surface area contributed by atoms with Gasteiger partial charge in [-0.25, -0.2) is 6.57 Å². The maximum Gasteiger partial charge on any atom is 0.233 e. The Morgan fingerprint density at radius 3 is 2.50 bits per heavy atom. The Balaban J connectivity index is 0.00000320. The van der Waals surface area contributed by atoms with Crippen molar-refractivity contribution >= 4 is 0 Å². The van der Waals surface area contributed by atoms with E-state index in [1.165, 1.54) is 31.2 Å². The molecular weight excluding hydrogens is 447 g/mol. The summed E-state index contributed by atoms with van der Waals surface area (Å²) in [7, 11) is 0. The molecule has 0 aliphatic heterocycles. The average Bonchev–Trinajstić information content (AvgIpc) is 3.08. The van der Waals surface area contributed by atoms with E-state index in [0.717, 1.165) is 23.3 Å². The Bertz CT molecular complexity index is 815. The van der Waals surface area contributed by atoms with E-state index in [2.05, 4.69) is 43.0 Å². The Morgan fingerprint density at radius 2 is 1.83 bits per heavy atom. The molecule has 1 aliphatic carbocycles. The van der Waals surface area contributed by atoms with E-state index in [4.69, 9.17) is 11.3 Å². The molecular formula is C26H32NO2Y-. The first kappa shape index (κ1) is 25.1. The predicted molar refractivity (Wildman–Crippen MR) is 118 cm³/mol. The van der Waals surface area contributed by atoms with E-state index in [-0.39, 0.29) is 50.6 Å². The molecule has 4 heteroatoms. The maximum atomic E-state index is 10.8. The molecule has 2 unspecified atom stereocenters. The minimum atomic E-state index is -0.507. The summed E-state index contributed by atoms with van der Waals surface area (Å²) in [5, 5.41) is 10.8. The number of hydrogen-bond donors (Lipinski definition) is 1. The van der Waals surface area contributed by atoms with Crippen molar-refractivity contribution in [2.45, 2.75) is 69.4 Å². The van der Waals surface area contributed by atoms with Crippen LogP contribution in [-0.2, 0) is 39.1 Å². The average molecular weight is 479 g/mol. The molecule has 2 aromatic carbocycles. The van der Waals surface area contributed by atoms with Crippen molar-refractivity contribution in [3.05, 3.63) is 83.6 Å². The second-order valence-electron chi connectivity index (χ2n) is 8.02. The van der Waals surface area contributed by atoms with Crippen molar-refractivity contribution in [2.75, 3.05) is 6.61 Å². The summed E-state index contributed by atoms with van der Waals surface area (Å²) >= 11 is 0. The first-order valence-corrected chi connectivity index (χ1v) is 10.8. The van der Waals surface area contributed by atoms with Crippen LogP contribution in [-0.4, -0.2) is 23.9 Å². The van der Waals surface area contributed by atoms with Crippen LogP contribution in [0.25, 0.3) is 4.85 Å². The van der Waals surface area contributed by atoms with E-state index < -0.39 is 6.10 Å². The monoisotopic (exact) mass is 479 g/mol. The van der Waals surface area contributed by atoms with Gasteiger partial charge in [0.25, 0.3) is 0 Å². The van der Waals surface area contributed by atoms with Crippen LogP contribution in [0.4, 0.5) is 0 Å². The zero-order chi connectivity index (χ0) is 20.6. The molecule has 1 aliphatic rings. The van der Waals surface area contributed by atoms with Gasteiger partial charge in [-0.1, -0.05) is 62.6 Å². The van der Waals surface area contributed by atoms with Gasteiger partial charge >= 0.3 is 0 Å². The van der Waals surface area contributed by atoms with Gasteiger partial charge in [-0.2, -0.15) is 0 Å². The summed E-state index contributed by atoms with van der Waals surface area (Å²) in [6.45, 7) is 14.0. The van der Waals surface area contributed by atoms with Gasteiger partial charge in [0, 0.05) is 38.6 Å². The van der Waals surface area contributed by atoms with E-state index in [9.17, 15) is 5.11 Å². The number of ether oxygens (including phenoxy) is 1. The summed E-state index contributed by atoms with van der Waals surface area (Å²) in [5.41, 5.74) is 3.53. The van der Waals surface area contributed by atoms with Gasteiger partial charge < -0.3 is 21.6 Å². The van der Waals surface area contributed by atoms with Crippen LogP contribution in [0.5, 0.6) is 5.75 Å². The standard InChI is InChI=1S/C26H32NO2.Y/c1-4-6-7-8-10-19-13-15-20(16-14-19)26-24(28)18-23(27-3)25(26)21-11-9-12-22(17-21)29-5-2;/h9,11-17,23-26,28H,2,4-8,10,18H2,1H3;/q-1;/t23-,24-,25?,26?;/m1./s1. The second kappa shape index (κ2) is 12.6. The number of aliphatic hydroxyl groups is 1. The molecule has 0 saturated heterocycles. The molecule has 0 amide bonds. The first-order valence-electron chi connectivity index (χ1n) is 10.8. The number of unbranched alkanes of at least 4 members (excludes halogenated alkanes) is 3. The van der Waals surface area contributed by atoms with Crippen LogP contribution in [0.3, 0.4) is 0 Å². The van der Waals surface area contributed by atoms with E-state index >= 15 is 0 Å². The summed E-state index contributed by atoms with van der Waals surface area (Å²) in [6, 6.07) is 16.4. The number of nitrogens with zero attached hydrogens (tertiary/aromatic N) is 1. The predicted octanol–water partition coefficient (Wildman–Crippen LogP) is 5.94. The van der Waals surface area contributed by atoms with Gasteiger partial charge in [0.1, 0.15) is 5.75 Å². The Kier molecular flexibility index (Phi) is 10.5. The van der Waals surface area contributed by atoms with Crippen LogP contribution in [0, 0.1) is 13.5 Å². The van der Waals surface area contributed by atoms with Gasteiger partial charge in [0.15, 0.2) is 0 Å². The van der Waals surface area contributed by atoms with E-state index in [0.29, 0.717) is 13.0 Å². The summed E-state index contributed by atoms with van der Waals surface area (Å²) < 4.78 is 5.56. The molecule has 1 saturated carbocycles. The SMILES string of the molecule is [C-]#[N+][C@@H]1C[C@@H](O)C(c2ccc(CCCCCC)cc2)C1c1cccc(OC[CH2-])c1.[Y]. The fraction of sp³-hybridized carbons (Fsp3) is 0.462. The Labute approximate surface area is 206 Å².